The maximum Gasteiger partial charge on any atom is 0.326 e. The molecule has 1 aromatic heterocycles. The van der Waals surface area contributed by atoms with Crippen molar-refractivity contribution in [3.05, 3.63) is 95.7 Å². The molecular weight excluding hydrogens is 388 g/mol. The summed E-state index contributed by atoms with van der Waals surface area (Å²) in [6.07, 6.45) is 2.25. The Morgan fingerprint density at radius 3 is 2.19 bits per heavy atom. The summed E-state index contributed by atoms with van der Waals surface area (Å²) in [5.41, 5.74) is 6.34. The normalized spacial score (nSPS) is 13.5. The zero-order valence-electron chi connectivity index (χ0n) is 16.8. The zero-order valence-corrected chi connectivity index (χ0v) is 16.8. The first-order valence-electron chi connectivity index (χ1n) is 10.4. The third-order valence-electron chi connectivity index (χ3n) is 6.08. The number of rotatable bonds is 6. The van der Waals surface area contributed by atoms with E-state index in [9.17, 15) is 14.7 Å². The van der Waals surface area contributed by atoms with Crippen LogP contribution >= 0.6 is 0 Å². The van der Waals surface area contributed by atoms with Crippen LogP contribution in [0.25, 0.3) is 22.0 Å². The molecule has 0 bridgehead atoms. The zero-order chi connectivity index (χ0) is 21.4. The quantitative estimate of drug-likeness (QED) is 0.438. The van der Waals surface area contributed by atoms with Crippen LogP contribution in [0.4, 0.5) is 0 Å². The lowest BCUT2D eigenvalue weighted by atomic mass is 9.93. The number of carboxylic acid groups (broad SMARTS) is 1. The number of aromatic nitrogens is 1. The van der Waals surface area contributed by atoms with Gasteiger partial charge in [0, 0.05) is 35.9 Å². The number of para-hydroxylation sites is 1. The van der Waals surface area contributed by atoms with E-state index in [4.69, 9.17) is 0 Å². The summed E-state index contributed by atoms with van der Waals surface area (Å²) >= 11 is 0. The molecule has 31 heavy (non-hydrogen) atoms. The minimum absolute atomic E-state index is 0.0741. The van der Waals surface area contributed by atoms with Crippen LogP contribution in [0.15, 0.2) is 79.0 Å². The first-order chi connectivity index (χ1) is 15.1. The molecule has 0 spiro atoms. The molecule has 1 heterocycles. The summed E-state index contributed by atoms with van der Waals surface area (Å²) in [5, 5.41) is 13.5. The van der Waals surface area contributed by atoms with Crippen molar-refractivity contribution in [3.63, 3.8) is 0 Å². The third-order valence-corrected chi connectivity index (χ3v) is 6.08. The van der Waals surface area contributed by atoms with Crippen LogP contribution in [0, 0.1) is 0 Å². The Bertz CT molecular complexity index is 1250. The van der Waals surface area contributed by atoms with Gasteiger partial charge in [0.05, 0.1) is 0 Å². The van der Waals surface area contributed by atoms with Gasteiger partial charge in [-0.1, -0.05) is 66.7 Å². The van der Waals surface area contributed by atoms with E-state index in [2.05, 4.69) is 22.4 Å². The molecule has 0 saturated heterocycles. The number of amides is 1. The van der Waals surface area contributed by atoms with Crippen molar-refractivity contribution in [2.24, 2.45) is 0 Å². The first kappa shape index (κ1) is 19.1. The number of carbonyl (C=O) groups is 2. The van der Waals surface area contributed by atoms with Gasteiger partial charge in [0.25, 0.3) is 0 Å². The monoisotopic (exact) mass is 410 g/mol. The molecular formula is C26H22N2O3. The topological polar surface area (TPSA) is 82.2 Å². The molecule has 1 aliphatic rings. The summed E-state index contributed by atoms with van der Waals surface area (Å²) < 4.78 is 0. The first-order valence-corrected chi connectivity index (χ1v) is 10.4. The summed E-state index contributed by atoms with van der Waals surface area (Å²) in [6.45, 7) is 0. The Balaban J connectivity index is 1.36. The SMILES string of the molecule is O=C(CC1c2ccccc2-c2ccccc21)N[C@@H](Cc1c[nH]c2ccccc12)C(=O)O. The van der Waals surface area contributed by atoms with Gasteiger partial charge in [-0.25, -0.2) is 4.79 Å². The lowest BCUT2D eigenvalue weighted by Gasteiger charge is -2.17. The molecule has 3 aromatic carbocycles. The number of nitrogens with one attached hydrogen (secondary N) is 2. The number of H-pyrrole nitrogens is 1. The van der Waals surface area contributed by atoms with Crippen molar-refractivity contribution in [3.8, 4) is 11.1 Å². The van der Waals surface area contributed by atoms with Gasteiger partial charge in [0.15, 0.2) is 0 Å². The highest BCUT2D eigenvalue weighted by Gasteiger charge is 2.31. The average molecular weight is 410 g/mol. The van der Waals surface area contributed by atoms with E-state index in [0.29, 0.717) is 0 Å². The number of hydrogen-bond acceptors (Lipinski definition) is 2. The van der Waals surface area contributed by atoms with Gasteiger partial charge in [-0.2, -0.15) is 0 Å². The fraction of sp³-hybridized carbons (Fsp3) is 0.154. The van der Waals surface area contributed by atoms with Gasteiger partial charge >= 0.3 is 5.97 Å². The van der Waals surface area contributed by atoms with E-state index in [1.165, 1.54) is 0 Å². The predicted octanol–water partition coefficient (Wildman–Crippen LogP) is 4.48. The maximum absolute atomic E-state index is 12.9. The standard InChI is InChI=1S/C26H22N2O3/c29-25(14-22-20-10-3-1-8-18(20)19-9-2-4-11-21(19)22)28-24(26(30)31)13-16-15-27-23-12-6-5-7-17(16)23/h1-12,15,22,24,27H,13-14H2,(H,28,29)(H,30,31)/t24-/m0/s1. The van der Waals surface area contributed by atoms with Crippen molar-refractivity contribution in [1.82, 2.24) is 10.3 Å². The Hall–Kier alpha value is -3.86. The van der Waals surface area contributed by atoms with Gasteiger partial charge in [-0.15, -0.1) is 0 Å². The Labute approximate surface area is 179 Å². The Kier molecular flexibility index (Phi) is 4.79. The minimum Gasteiger partial charge on any atom is -0.480 e. The molecule has 5 rings (SSSR count). The van der Waals surface area contributed by atoms with Crippen molar-refractivity contribution in [2.45, 2.75) is 24.8 Å². The number of benzene rings is 3. The Morgan fingerprint density at radius 1 is 0.903 bits per heavy atom. The van der Waals surface area contributed by atoms with Crippen LogP contribution in [0.1, 0.15) is 29.0 Å². The lowest BCUT2D eigenvalue weighted by Crippen LogP contribution is -2.42. The number of carboxylic acids is 1. The van der Waals surface area contributed by atoms with Gasteiger partial charge in [0.1, 0.15) is 6.04 Å². The molecule has 0 saturated carbocycles. The summed E-state index contributed by atoms with van der Waals surface area (Å²) in [5.74, 6) is -1.37. The number of aromatic amines is 1. The van der Waals surface area contributed by atoms with Crippen LogP contribution < -0.4 is 5.32 Å². The molecule has 0 radical (unpaired) electrons. The van der Waals surface area contributed by atoms with Crippen molar-refractivity contribution in [1.29, 1.82) is 0 Å². The maximum atomic E-state index is 12.9. The van der Waals surface area contributed by atoms with Gasteiger partial charge in [-0.05, 0) is 33.9 Å². The summed E-state index contributed by atoms with van der Waals surface area (Å²) in [7, 11) is 0. The molecule has 0 fully saturated rings. The van der Waals surface area contributed by atoms with E-state index in [1.54, 1.807) is 0 Å². The van der Waals surface area contributed by atoms with Crippen LogP contribution in [0.3, 0.4) is 0 Å². The molecule has 1 atom stereocenters. The molecule has 0 aliphatic heterocycles. The molecule has 0 unspecified atom stereocenters. The fourth-order valence-electron chi connectivity index (χ4n) is 4.64. The Morgan fingerprint density at radius 2 is 1.52 bits per heavy atom. The predicted molar refractivity (Wildman–Crippen MR) is 120 cm³/mol. The average Bonchev–Trinajstić information content (AvgIpc) is 3.33. The van der Waals surface area contributed by atoms with Crippen LogP contribution in [-0.4, -0.2) is 28.0 Å². The van der Waals surface area contributed by atoms with Crippen LogP contribution in [0.2, 0.25) is 0 Å². The lowest BCUT2D eigenvalue weighted by molar-refractivity contribution is -0.141. The molecule has 154 valence electrons. The van der Waals surface area contributed by atoms with Crippen molar-refractivity contribution >= 4 is 22.8 Å². The van der Waals surface area contributed by atoms with Gasteiger partial charge < -0.3 is 15.4 Å². The smallest absolute Gasteiger partial charge is 0.326 e. The molecule has 5 nitrogen and oxygen atoms in total. The number of carbonyl (C=O) groups excluding carboxylic acids is 1. The second-order valence-electron chi connectivity index (χ2n) is 7.95. The minimum atomic E-state index is -1.04. The highest BCUT2D eigenvalue weighted by atomic mass is 16.4. The summed E-state index contributed by atoms with van der Waals surface area (Å²) in [4.78, 5) is 28.0. The van der Waals surface area contributed by atoms with Crippen LogP contribution in [-0.2, 0) is 16.0 Å². The summed E-state index contributed by atoms with van der Waals surface area (Å²) in [6, 6.07) is 23.0. The van der Waals surface area contributed by atoms with Gasteiger partial charge in [0.2, 0.25) is 5.91 Å². The second-order valence-corrected chi connectivity index (χ2v) is 7.95. The third kappa shape index (κ3) is 3.48. The largest absolute Gasteiger partial charge is 0.480 e. The van der Waals surface area contributed by atoms with E-state index >= 15 is 0 Å². The van der Waals surface area contributed by atoms with E-state index < -0.39 is 12.0 Å². The highest BCUT2D eigenvalue weighted by molar-refractivity contribution is 5.88. The van der Waals surface area contributed by atoms with Gasteiger partial charge in [-0.3, -0.25) is 4.79 Å². The van der Waals surface area contributed by atoms with E-state index in [-0.39, 0.29) is 24.7 Å². The highest BCUT2D eigenvalue weighted by Crippen LogP contribution is 2.45. The number of hydrogen-bond donors (Lipinski definition) is 3. The molecule has 1 amide bonds. The number of aliphatic carboxylic acids is 1. The van der Waals surface area contributed by atoms with Crippen LogP contribution in [0.5, 0.6) is 0 Å². The second kappa shape index (κ2) is 7.76. The van der Waals surface area contributed by atoms with Crippen molar-refractivity contribution in [2.75, 3.05) is 0 Å². The molecule has 4 aromatic rings. The molecule has 5 heteroatoms. The van der Waals surface area contributed by atoms with E-state index in [1.807, 2.05) is 66.9 Å². The molecule has 1 aliphatic carbocycles. The number of fused-ring (bicyclic) bond motifs is 4. The molecule has 3 N–H and O–H groups in total. The van der Waals surface area contributed by atoms with Crippen molar-refractivity contribution < 1.29 is 14.7 Å². The fourth-order valence-corrected chi connectivity index (χ4v) is 4.64. The van der Waals surface area contributed by atoms with E-state index in [0.717, 1.165) is 38.7 Å².